The molecule has 0 bridgehead atoms. The zero-order chi connectivity index (χ0) is 14.6. The molecular formula is C14H17ClO4. The predicted molar refractivity (Wildman–Crippen MR) is 72.3 cm³/mol. The van der Waals surface area contributed by atoms with E-state index in [2.05, 4.69) is 0 Å². The third-order valence-corrected chi connectivity index (χ3v) is 2.61. The van der Waals surface area contributed by atoms with E-state index in [4.69, 9.17) is 16.3 Å². The summed E-state index contributed by atoms with van der Waals surface area (Å²) in [4.78, 5) is 22.9. The van der Waals surface area contributed by atoms with Crippen molar-refractivity contribution in [1.29, 1.82) is 0 Å². The highest BCUT2D eigenvalue weighted by molar-refractivity contribution is 6.30. The van der Waals surface area contributed by atoms with Crippen molar-refractivity contribution in [2.24, 2.45) is 0 Å². The molecule has 1 atom stereocenters. The molecule has 1 aromatic rings. The average Bonchev–Trinajstić information content (AvgIpc) is 2.24. The van der Waals surface area contributed by atoms with E-state index >= 15 is 0 Å². The van der Waals surface area contributed by atoms with Gasteiger partial charge in [0.15, 0.2) is 0 Å². The van der Waals surface area contributed by atoms with Crippen molar-refractivity contribution < 1.29 is 19.4 Å². The zero-order valence-electron chi connectivity index (χ0n) is 11.1. The van der Waals surface area contributed by atoms with Gasteiger partial charge in [0.2, 0.25) is 0 Å². The van der Waals surface area contributed by atoms with Gasteiger partial charge in [-0.1, -0.05) is 23.7 Å². The van der Waals surface area contributed by atoms with Gasteiger partial charge in [0, 0.05) is 5.02 Å². The minimum atomic E-state index is -1.06. The highest BCUT2D eigenvalue weighted by atomic mass is 35.5. The Morgan fingerprint density at radius 2 is 1.79 bits per heavy atom. The van der Waals surface area contributed by atoms with Crippen LogP contribution in [0.5, 0.6) is 0 Å². The lowest BCUT2D eigenvalue weighted by atomic mass is 9.96. The number of ether oxygens (including phenoxy) is 1. The van der Waals surface area contributed by atoms with E-state index in [1.165, 1.54) is 0 Å². The monoisotopic (exact) mass is 284 g/mol. The smallest absolute Gasteiger partial charge is 0.311 e. The van der Waals surface area contributed by atoms with Gasteiger partial charge >= 0.3 is 11.9 Å². The van der Waals surface area contributed by atoms with Crippen molar-refractivity contribution in [3.63, 3.8) is 0 Å². The summed E-state index contributed by atoms with van der Waals surface area (Å²) in [5, 5.41) is 9.72. The Kier molecular flexibility index (Phi) is 4.95. The van der Waals surface area contributed by atoms with E-state index in [1.54, 1.807) is 45.0 Å². The van der Waals surface area contributed by atoms with Crippen LogP contribution in [0.1, 0.15) is 38.7 Å². The summed E-state index contributed by atoms with van der Waals surface area (Å²) in [5.41, 5.74) is -0.0945. The fraction of sp³-hybridized carbons (Fsp3) is 0.429. The quantitative estimate of drug-likeness (QED) is 0.862. The number of carboxylic acids is 1. The van der Waals surface area contributed by atoms with E-state index in [0.29, 0.717) is 10.6 Å². The van der Waals surface area contributed by atoms with Gasteiger partial charge in [0.05, 0.1) is 12.3 Å². The lowest BCUT2D eigenvalue weighted by molar-refractivity contribution is -0.158. The third-order valence-electron chi connectivity index (χ3n) is 2.36. The standard InChI is InChI=1S/C14H17ClO4/c1-14(2,3)19-12(16)8-11(13(17)18)9-4-6-10(15)7-5-9/h4-7,11H,8H2,1-3H3,(H,17,18). The van der Waals surface area contributed by atoms with E-state index in [-0.39, 0.29) is 6.42 Å². The first-order valence-electron chi connectivity index (χ1n) is 5.89. The maximum atomic E-state index is 11.7. The summed E-state index contributed by atoms with van der Waals surface area (Å²) in [5.74, 6) is -2.52. The molecule has 1 unspecified atom stereocenters. The molecule has 1 rings (SSSR count). The van der Waals surface area contributed by atoms with Crippen LogP contribution in [0.15, 0.2) is 24.3 Å². The maximum Gasteiger partial charge on any atom is 0.311 e. The number of aliphatic carboxylic acids is 1. The number of carboxylic acid groups (broad SMARTS) is 1. The normalized spacial score (nSPS) is 12.8. The molecule has 0 fully saturated rings. The second-order valence-corrected chi connectivity index (χ2v) is 5.67. The first-order chi connectivity index (χ1) is 8.69. The molecule has 19 heavy (non-hydrogen) atoms. The van der Waals surface area contributed by atoms with Crippen LogP contribution >= 0.6 is 11.6 Å². The number of hydrogen-bond acceptors (Lipinski definition) is 3. The molecule has 4 nitrogen and oxygen atoms in total. The number of carbonyl (C=O) groups is 2. The van der Waals surface area contributed by atoms with Gasteiger partial charge in [-0.25, -0.2) is 0 Å². The molecular weight excluding hydrogens is 268 g/mol. The zero-order valence-corrected chi connectivity index (χ0v) is 11.9. The van der Waals surface area contributed by atoms with Crippen LogP contribution in [0.25, 0.3) is 0 Å². The van der Waals surface area contributed by atoms with Crippen molar-refractivity contribution >= 4 is 23.5 Å². The second kappa shape index (κ2) is 6.06. The minimum absolute atomic E-state index is 0.200. The number of hydrogen-bond donors (Lipinski definition) is 1. The summed E-state index contributed by atoms with van der Waals surface area (Å²) < 4.78 is 5.14. The molecule has 0 heterocycles. The first kappa shape index (κ1) is 15.5. The van der Waals surface area contributed by atoms with Crippen molar-refractivity contribution in [3.05, 3.63) is 34.9 Å². The highest BCUT2D eigenvalue weighted by Crippen LogP contribution is 2.23. The molecule has 5 heteroatoms. The molecule has 1 N–H and O–H groups in total. The SMILES string of the molecule is CC(C)(C)OC(=O)CC(C(=O)O)c1ccc(Cl)cc1. The fourth-order valence-electron chi connectivity index (χ4n) is 1.59. The second-order valence-electron chi connectivity index (χ2n) is 5.23. The van der Waals surface area contributed by atoms with E-state index in [1.807, 2.05) is 0 Å². The molecule has 0 aromatic heterocycles. The Bertz CT molecular complexity index is 459. The van der Waals surface area contributed by atoms with Gasteiger partial charge < -0.3 is 9.84 Å². The molecule has 104 valence electrons. The number of benzene rings is 1. The van der Waals surface area contributed by atoms with Crippen molar-refractivity contribution in [2.75, 3.05) is 0 Å². The van der Waals surface area contributed by atoms with Crippen LogP contribution in [-0.2, 0) is 14.3 Å². The Labute approximate surface area is 117 Å². The molecule has 0 radical (unpaired) electrons. The summed E-state index contributed by atoms with van der Waals surface area (Å²) in [6, 6.07) is 6.40. The number of halogens is 1. The predicted octanol–water partition coefficient (Wildman–Crippen LogP) is 3.24. The van der Waals surface area contributed by atoms with Gasteiger partial charge in [-0.15, -0.1) is 0 Å². The molecule has 0 saturated heterocycles. The lowest BCUT2D eigenvalue weighted by Crippen LogP contribution is -2.26. The van der Waals surface area contributed by atoms with Crippen molar-refractivity contribution in [2.45, 2.75) is 38.7 Å². The Balaban J connectivity index is 2.82. The highest BCUT2D eigenvalue weighted by Gasteiger charge is 2.26. The number of esters is 1. The Hall–Kier alpha value is -1.55. The van der Waals surface area contributed by atoms with Crippen LogP contribution in [0, 0.1) is 0 Å². The maximum absolute atomic E-state index is 11.7. The number of rotatable bonds is 4. The van der Waals surface area contributed by atoms with Crippen molar-refractivity contribution in [3.8, 4) is 0 Å². The molecule has 0 spiro atoms. The Morgan fingerprint density at radius 3 is 2.21 bits per heavy atom. The summed E-state index contributed by atoms with van der Waals surface area (Å²) in [6.07, 6.45) is -0.200. The van der Waals surface area contributed by atoms with E-state index in [0.717, 1.165) is 0 Å². The molecule has 0 aliphatic heterocycles. The third kappa shape index (κ3) is 5.30. The molecule has 0 amide bonds. The topological polar surface area (TPSA) is 63.6 Å². The van der Waals surface area contributed by atoms with Crippen LogP contribution in [0.3, 0.4) is 0 Å². The van der Waals surface area contributed by atoms with Crippen LogP contribution in [0.2, 0.25) is 5.02 Å². The van der Waals surface area contributed by atoms with Gasteiger partial charge in [-0.2, -0.15) is 0 Å². The fourth-order valence-corrected chi connectivity index (χ4v) is 1.72. The average molecular weight is 285 g/mol. The molecule has 0 saturated carbocycles. The van der Waals surface area contributed by atoms with Crippen LogP contribution < -0.4 is 0 Å². The lowest BCUT2D eigenvalue weighted by Gasteiger charge is -2.21. The molecule has 1 aromatic carbocycles. The van der Waals surface area contributed by atoms with Gasteiger partial charge in [-0.05, 0) is 38.5 Å². The van der Waals surface area contributed by atoms with Crippen LogP contribution in [-0.4, -0.2) is 22.6 Å². The number of carbonyl (C=O) groups excluding carboxylic acids is 1. The summed E-state index contributed by atoms with van der Waals surface area (Å²) in [7, 11) is 0. The Morgan fingerprint density at radius 1 is 1.26 bits per heavy atom. The van der Waals surface area contributed by atoms with Gasteiger partial charge in [0.25, 0.3) is 0 Å². The van der Waals surface area contributed by atoms with E-state index in [9.17, 15) is 14.7 Å². The molecule has 0 aliphatic carbocycles. The summed E-state index contributed by atoms with van der Waals surface area (Å²) >= 11 is 5.75. The van der Waals surface area contributed by atoms with Gasteiger partial charge in [0.1, 0.15) is 5.60 Å². The largest absolute Gasteiger partial charge is 0.481 e. The summed E-state index contributed by atoms with van der Waals surface area (Å²) in [6.45, 7) is 5.22. The minimum Gasteiger partial charge on any atom is -0.481 e. The van der Waals surface area contributed by atoms with E-state index < -0.39 is 23.5 Å². The first-order valence-corrected chi connectivity index (χ1v) is 6.27. The van der Waals surface area contributed by atoms with Gasteiger partial charge in [-0.3, -0.25) is 9.59 Å². The van der Waals surface area contributed by atoms with Crippen LogP contribution in [0.4, 0.5) is 0 Å². The van der Waals surface area contributed by atoms with Crippen molar-refractivity contribution in [1.82, 2.24) is 0 Å². The molecule has 0 aliphatic rings.